The Kier molecular flexibility index (Phi) is 7.01. The Morgan fingerprint density at radius 3 is 2.29 bits per heavy atom. The van der Waals surface area contributed by atoms with Crippen molar-refractivity contribution < 1.29 is 8.78 Å². The Morgan fingerprint density at radius 2 is 1.86 bits per heavy atom. The van der Waals surface area contributed by atoms with Crippen LogP contribution in [0.3, 0.4) is 0 Å². The van der Waals surface area contributed by atoms with Gasteiger partial charge in [-0.25, -0.2) is 8.78 Å². The molecule has 0 saturated carbocycles. The van der Waals surface area contributed by atoms with Gasteiger partial charge in [-0.15, -0.1) is 0 Å². The third-order valence-corrected chi connectivity index (χ3v) is 2.55. The van der Waals surface area contributed by atoms with Crippen LogP contribution in [-0.4, -0.2) is 43.5 Å². The van der Waals surface area contributed by atoms with E-state index < -0.39 is 6.43 Å². The molecule has 0 saturated heterocycles. The van der Waals surface area contributed by atoms with Gasteiger partial charge in [-0.05, 0) is 27.3 Å². The Morgan fingerprint density at radius 1 is 1.29 bits per heavy atom. The molecular weight excluding hydrogens is 186 g/mol. The summed E-state index contributed by atoms with van der Waals surface area (Å²) in [5, 5.41) is 3.30. The summed E-state index contributed by atoms with van der Waals surface area (Å²) >= 11 is 0. The highest BCUT2D eigenvalue weighted by Crippen LogP contribution is 2.01. The van der Waals surface area contributed by atoms with Crippen molar-refractivity contribution >= 4 is 0 Å². The topological polar surface area (TPSA) is 15.3 Å². The molecule has 0 heterocycles. The third kappa shape index (κ3) is 6.27. The molecule has 0 spiro atoms. The average molecular weight is 208 g/mol. The van der Waals surface area contributed by atoms with Crippen LogP contribution < -0.4 is 5.32 Å². The fraction of sp³-hybridized carbons (Fsp3) is 1.00. The van der Waals surface area contributed by atoms with Crippen molar-refractivity contribution in [3.8, 4) is 0 Å². The van der Waals surface area contributed by atoms with Crippen molar-refractivity contribution in [3.05, 3.63) is 0 Å². The van der Waals surface area contributed by atoms with Crippen molar-refractivity contribution in [1.29, 1.82) is 0 Å². The third-order valence-electron chi connectivity index (χ3n) is 2.55. The summed E-state index contributed by atoms with van der Waals surface area (Å²) in [5.74, 6) is 0. The first-order chi connectivity index (χ1) is 6.47. The van der Waals surface area contributed by atoms with E-state index in [1.807, 2.05) is 6.92 Å². The van der Waals surface area contributed by atoms with Gasteiger partial charge in [-0.2, -0.15) is 0 Å². The molecule has 2 unspecified atom stereocenters. The summed E-state index contributed by atoms with van der Waals surface area (Å²) in [4.78, 5) is 1.68. The van der Waals surface area contributed by atoms with Crippen LogP contribution in [0.2, 0.25) is 0 Å². The molecule has 0 aromatic carbocycles. The number of rotatable bonds is 7. The molecular formula is C10H22F2N2. The Labute approximate surface area is 85.7 Å². The van der Waals surface area contributed by atoms with E-state index in [9.17, 15) is 8.78 Å². The second-order valence-corrected chi connectivity index (χ2v) is 3.90. The van der Waals surface area contributed by atoms with Crippen LogP contribution in [0.15, 0.2) is 0 Å². The maximum atomic E-state index is 12.0. The lowest BCUT2D eigenvalue weighted by molar-refractivity contribution is 0.0835. The molecule has 0 bridgehead atoms. The van der Waals surface area contributed by atoms with E-state index in [1.165, 1.54) is 0 Å². The number of likely N-dealkylation sites (N-methyl/N-ethyl adjacent to an activating group) is 1. The first-order valence-corrected chi connectivity index (χ1v) is 5.19. The minimum absolute atomic E-state index is 0.149. The highest BCUT2D eigenvalue weighted by molar-refractivity contribution is 4.69. The summed E-state index contributed by atoms with van der Waals surface area (Å²) < 4.78 is 24.1. The molecule has 0 aliphatic rings. The fourth-order valence-electron chi connectivity index (χ4n) is 1.07. The van der Waals surface area contributed by atoms with Crippen LogP contribution in [0, 0.1) is 0 Å². The standard InChI is InChI=1S/C10H22F2N2/c1-5-8(2)13-6-9(3)14(4)7-10(11)12/h8-10,13H,5-7H2,1-4H3. The summed E-state index contributed by atoms with van der Waals surface area (Å²) in [6, 6.07) is 0.607. The number of alkyl halides is 2. The van der Waals surface area contributed by atoms with E-state index in [0.29, 0.717) is 6.04 Å². The zero-order valence-electron chi connectivity index (χ0n) is 9.56. The normalized spacial score (nSPS) is 16.3. The lowest BCUT2D eigenvalue weighted by Crippen LogP contribution is -2.42. The molecule has 0 aromatic rings. The van der Waals surface area contributed by atoms with E-state index >= 15 is 0 Å². The maximum Gasteiger partial charge on any atom is 0.251 e. The van der Waals surface area contributed by atoms with Crippen molar-refractivity contribution in [2.24, 2.45) is 0 Å². The second-order valence-electron chi connectivity index (χ2n) is 3.90. The van der Waals surface area contributed by atoms with Gasteiger partial charge >= 0.3 is 0 Å². The van der Waals surface area contributed by atoms with Gasteiger partial charge in [0.15, 0.2) is 0 Å². The van der Waals surface area contributed by atoms with Crippen molar-refractivity contribution in [2.75, 3.05) is 20.1 Å². The van der Waals surface area contributed by atoms with Crippen molar-refractivity contribution in [3.63, 3.8) is 0 Å². The first-order valence-electron chi connectivity index (χ1n) is 5.19. The SMILES string of the molecule is CCC(C)NCC(C)N(C)CC(F)F. The number of nitrogens with zero attached hydrogens (tertiary/aromatic N) is 1. The zero-order chi connectivity index (χ0) is 11.1. The average Bonchev–Trinajstić information content (AvgIpc) is 2.12. The predicted octanol–water partition coefficient (Wildman–Crippen LogP) is 1.96. The van der Waals surface area contributed by atoms with Gasteiger partial charge in [0.1, 0.15) is 0 Å². The highest BCUT2D eigenvalue weighted by Gasteiger charge is 2.14. The Bertz CT molecular complexity index is 142. The molecule has 0 aliphatic carbocycles. The number of hydrogen-bond acceptors (Lipinski definition) is 2. The number of halogens is 2. The molecule has 0 fully saturated rings. The molecule has 0 aliphatic heterocycles. The van der Waals surface area contributed by atoms with E-state index in [2.05, 4.69) is 19.2 Å². The molecule has 86 valence electrons. The molecule has 14 heavy (non-hydrogen) atoms. The van der Waals surface area contributed by atoms with Gasteiger partial charge in [-0.1, -0.05) is 6.92 Å². The molecule has 2 atom stereocenters. The molecule has 0 amide bonds. The van der Waals surface area contributed by atoms with Crippen LogP contribution in [0.1, 0.15) is 27.2 Å². The fourth-order valence-corrected chi connectivity index (χ4v) is 1.07. The minimum atomic E-state index is -2.24. The molecule has 1 N–H and O–H groups in total. The lowest BCUT2D eigenvalue weighted by atomic mass is 10.2. The number of hydrogen-bond donors (Lipinski definition) is 1. The predicted molar refractivity (Wildman–Crippen MR) is 55.9 cm³/mol. The molecule has 2 nitrogen and oxygen atoms in total. The molecule has 4 heteroatoms. The first kappa shape index (κ1) is 13.8. The van der Waals surface area contributed by atoms with Crippen molar-refractivity contribution in [2.45, 2.75) is 45.7 Å². The van der Waals surface area contributed by atoms with Crippen molar-refractivity contribution in [1.82, 2.24) is 10.2 Å². The van der Waals surface area contributed by atoms with Crippen LogP contribution in [0.4, 0.5) is 8.78 Å². The summed E-state index contributed by atoms with van der Waals surface area (Å²) in [5.41, 5.74) is 0. The van der Waals surface area contributed by atoms with Crippen LogP contribution in [-0.2, 0) is 0 Å². The summed E-state index contributed by atoms with van der Waals surface area (Å²) in [6.45, 7) is 6.77. The lowest BCUT2D eigenvalue weighted by Gasteiger charge is -2.25. The molecule has 0 rings (SSSR count). The zero-order valence-corrected chi connectivity index (χ0v) is 9.56. The largest absolute Gasteiger partial charge is 0.313 e. The molecule has 0 aromatic heterocycles. The van der Waals surface area contributed by atoms with Crippen LogP contribution in [0.25, 0.3) is 0 Å². The van der Waals surface area contributed by atoms with Gasteiger partial charge in [-0.3, -0.25) is 4.90 Å². The van der Waals surface area contributed by atoms with Gasteiger partial charge in [0.05, 0.1) is 6.54 Å². The monoisotopic (exact) mass is 208 g/mol. The van der Waals surface area contributed by atoms with E-state index in [-0.39, 0.29) is 12.6 Å². The molecule has 0 radical (unpaired) electrons. The van der Waals surface area contributed by atoms with Gasteiger partial charge in [0, 0.05) is 18.6 Å². The van der Waals surface area contributed by atoms with Gasteiger partial charge < -0.3 is 5.32 Å². The smallest absolute Gasteiger partial charge is 0.251 e. The minimum Gasteiger partial charge on any atom is -0.313 e. The number of nitrogens with one attached hydrogen (secondary N) is 1. The van der Waals surface area contributed by atoms with E-state index in [1.54, 1.807) is 11.9 Å². The summed E-state index contributed by atoms with van der Waals surface area (Å²) in [6.07, 6.45) is -1.18. The summed E-state index contributed by atoms with van der Waals surface area (Å²) in [7, 11) is 1.73. The van der Waals surface area contributed by atoms with Gasteiger partial charge in [0.25, 0.3) is 6.43 Å². The van der Waals surface area contributed by atoms with Crippen LogP contribution >= 0.6 is 0 Å². The highest BCUT2D eigenvalue weighted by atomic mass is 19.3. The Balaban J connectivity index is 3.66. The maximum absolute atomic E-state index is 12.0. The Hall–Kier alpha value is -0.220. The van der Waals surface area contributed by atoms with E-state index in [0.717, 1.165) is 13.0 Å². The second kappa shape index (κ2) is 7.12. The van der Waals surface area contributed by atoms with Gasteiger partial charge in [0.2, 0.25) is 0 Å². The van der Waals surface area contributed by atoms with Crippen LogP contribution in [0.5, 0.6) is 0 Å². The van der Waals surface area contributed by atoms with E-state index in [4.69, 9.17) is 0 Å². The quantitative estimate of drug-likeness (QED) is 0.688.